The average Bonchev–Trinajstić information content (AvgIpc) is 3.08. The van der Waals surface area contributed by atoms with Gasteiger partial charge in [0.15, 0.2) is 11.5 Å². The molecule has 7 heteroatoms. The molecule has 0 radical (unpaired) electrons. The van der Waals surface area contributed by atoms with Gasteiger partial charge in [0.25, 0.3) is 0 Å². The summed E-state index contributed by atoms with van der Waals surface area (Å²) >= 11 is 0. The predicted molar refractivity (Wildman–Crippen MR) is 101 cm³/mol. The summed E-state index contributed by atoms with van der Waals surface area (Å²) < 4.78 is 1.78. The van der Waals surface area contributed by atoms with Gasteiger partial charge in [-0.15, -0.1) is 0 Å². The van der Waals surface area contributed by atoms with Crippen molar-refractivity contribution >= 4 is 16.9 Å². The van der Waals surface area contributed by atoms with E-state index >= 15 is 0 Å². The Hall–Kier alpha value is -3.35. The van der Waals surface area contributed by atoms with Gasteiger partial charge in [0.2, 0.25) is 0 Å². The van der Waals surface area contributed by atoms with Crippen LogP contribution in [0.15, 0.2) is 55.1 Å². The lowest BCUT2D eigenvalue weighted by Crippen LogP contribution is -2.22. The molecule has 0 aliphatic heterocycles. The molecule has 0 fully saturated rings. The maximum atomic E-state index is 4.81. The third kappa shape index (κ3) is 3.11. The van der Waals surface area contributed by atoms with Gasteiger partial charge in [-0.05, 0) is 24.3 Å². The van der Waals surface area contributed by atoms with Gasteiger partial charge in [-0.2, -0.15) is 5.10 Å². The Morgan fingerprint density at radius 3 is 2.65 bits per heavy atom. The van der Waals surface area contributed by atoms with Gasteiger partial charge in [0.05, 0.1) is 11.6 Å². The lowest BCUT2D eigenvalue weighted by atomic mass is 10.2. The van der Waals surface area contributed by atoms with E-state index in [1.54, 1.807) is 17.1 Å². The van der Waals surface area contributed by atoms with Gasteiger partial charge in [-0.1, -0.05) is 6.07 Å². The second kappa shape index (κ2) is 6.87. The Labute approximate surface area is 151 Å². The van der Waals surface area contributed by atoms with Crippen molar-refractivity contribution in [1.82, 2.24) is 29.7 Å². The normalized spacial score (nSPS) is 11.0. The van der Waals surface area contributed by atoms with E-state index in [9.17, 15) is 0 Å². The molecule has 26 heavy (non-hydrogen) atoms. The third-order valence-electron chi connectivity index (χ3n) is 4.30. The number of aryl methyl sites for hydroxylation is 1. The van der Waals surface area contributed by atoms with Crippen LogP contribution in [-0.2, 0) is 13.5 Å². The SMILES string of the molecule is CN(CCc1ccccn1)c1nc(-c2ccncc2)nc2c1cnn2C. The molecule has 7 nitrogen and oxygen atoms in total. The first-order valence-corrected chi connectivity index (χ1v) is 8.43. The molecule has 0 amide bonds. The number of anilines is 1. The first kappa shape index (κ1) is 16.1. The lowest BCUT2D eigenvalue weighted by molar-refractivity contribution is 0.785. The van der Waals surface area contributed by atoms with Crippen molar-refractivity contribution in [1.29, 1.82) is 0 Å². The van der Waals surface area contributed by atoms with Crippen LogP contribution in [0.4, 0.5) is 5.82 Å². The van der Waals surface area contributed by atoms with Crippen LogP contribution in [0.5, 0.6) is 0 Å². The predicted octanol–water partition coefficient (Wildman–Crippen LogP) is 2.50. The molecule has 0 N–H and O–H groups in total. The fourth-order valence-corrected chi connectivity index (χ4v) is 2.86. The minimum atomic E-state index is 0.670. The first-order valence-electron chi connectivity index (χ1n) is 8.43. The fourth-order valence-electron chi connectivity index (χ4n) is 2.86. The van der Waals surface area contributed by atoms with Crippen LogP contribution in [0.25, 0.3) is 22.4 Å². The molecule has 4 rings (SSSR count). The van der Waals surface area contributed by atoms with Crippen LogP contribution >= 0.6 is 0 Å². The van der Waals surface area contributed by atoms with Crippen LogP contribution in [0.2, 0.25) is 0 Å². The zero-order valence-electron chi connectivity index (χ0n) is 14.7. The Bertz CT molecular complexity index is 1010. The topological polar surface area (TPSA) is 72.6 Å². The number of aromatic nitrogens is 6. The second-order valence-electron chi connectivity index (χ2n) is 6.10. The van der Waals surface area contributed by atoms with Gasteiger partial charge in [0, 0.05) is 56.9 Å². The highest BCUT2D eigenvalue weighted by Crippen LogP contribution is 2.26. The average molecular weight is 345 g/mol. The van der Waals surface area contributed by atoms with Crippen LogP contribution in [0.1, 0.15) is 5.69 Å². The Balaban J connectivity index is 1.71. The van der Waals surface area contributed by atoms with E-state index in [-0.39, 0.29) is 0 Å². The first-order chi connectivity index (χ1) is 12.7. The minimum Gasteiger partial charge on any atom is -0.359 e. The lowest BCUT2D eigenvalue weighted by Gasteiger charge is -2.19. The largest absolute Gasteiger partial charge is 0.359 e. The fraction of sp³-hybridized carbons (Fsp3) is 0.211. The highest BCUT2D eigenvalue weighted by atomic mass is 15.3. The van der Waals surface area contributed by atoms with E-state index < -0.39 is 0 Å². The van der Waals surface area contributed by atoms with Crippen LogP contribution in [-0.4, -0.2) is 43.3 Å². The summed E-state index contributed by atoms with van der Waals surface area (Å²) in [6.07, 6.45) is 7.97. The van der Waals surface area contributed by atoms with Gasteiger partial charge >= 0.3 is 0 Å². The summed E-state index contributed by atoms with van der Waals surface area (Å²) in [7, 11) is 3.93. The minimum absolute atomic E-state index is 0.670. The molecule has 0 aliphatic rings. The molecular formula is C19H19N7. The Kier molecular flexibility index (Phi) is 4.27. The molecule has 0 unspecified atom stereocenters. The number of pyridine rings is 2. The Morgan fingerprint density at radius 2 is 1.88 bits per heavy atom. The number of fused-ring (bicyclic) bond motifs is 1. The number of hydrogen-bond acceptors (Lipinski definition) is 6. The van der Waals surface area contributed by atoms with Crippen molar-refractivity contribution in [3.63, 3.8) is 0 Å². The zero-order chi connectivity index (χ0) is 17.9. The second-order valence-corrected chi connectivity index (χ2v) is 6.10. The third-order valence-corrected chi connectivity index (χ3v) is 4.30. The molecule has 0 spiro atoms. The van der Waals surface area contributed by atoms with Gasteiger partial charge in [0.1, 0.15) is 5.82 Å². The van der Waals surface area contributed by atoms with Crippen molar-refractivity contribution in [2.75, 3.05) is 18.5 Å². The van der Waals surface area contributed by atoms with Crippen molar-refractivity contribution in [2.45, 2.75) is 6.42 Å². The number of nitrogens with zero attached hydrogens (tertiary/aromatic N) is 7. The summed E-state index contributed by atoms with van der Waals surface area (Å²) in [5.41, 5.74) is 2.80. The van der Waals surface area contributed by atoms with Crippen LogP contribution < -0.4 is 4.90 Å². The zero-order valence-corrected chi connectivity index (χ0v) is 14.7. The highest BCUT2D eigenvalue weighted by Gasteiger charge is 2.16. The summed E-state index contributed by atoms with van der Waals surface area (Å²) in [5, 5.41) is 5.29. The summed E-state index contributed by atoms with van der Waals surface area (Å²) in [4.78, 5) is 20.1. The van der Waals surface area contributed by atoms with E-state index in [1.807, 2.05) is 56.8 Å². The molecule has 4 aromatic rings. The standard InChI is InChI=1S/C19H19N7/c1-25(12-8-15-5-3-4-9-21-15)18-16-13-22-26(2)19(16)24-17(23-18)14-6-10-20-11-7-14/h3-7,9-11,13H,8,12H2,1-2H3. The molecule has 0 bridgehead atoms. The van der Waals surface area contributed by atoms with E-state index in [4.69, 9.17) is 4.98 Å². The summed E-state index contributed by atoms with van der Waals surface area (Å²) in [6, 6.07) is 9.80. The molecular weight excluding hydrogens is 326 g/mol. The maximum Gasteiger partial charge on any atom is 0.164 e. The van der Waals surface area contributed by atoms with E-state index in [1.165, 1.54) is 0 Å². The number of likely N-dealkylation sites (N-methyl/N-ethyl adjacent to an activating group) is 1. The van der Waals surface area contributed by atoms with Crippen LogP contribution in [0.3, 0.4) is 0 Å². The van der Waals surface area contributed by atoms with Gasteiger partial charge in [-0.25, -0.2) is 9.97 Å². The number of hydrogen-bond donors (Lipinski definition) is 0. The van der Waals surface area contributed by atoms with Gasteiger partial charge < -0.3 is 4.90 Å². The summed E-state index contributed by atoms with van der Waals surface area (Å²) in [5.74, 6) is 1.54. The van der Waals surface area contributed by atoms with Crippen LogP contribution in [0, 0.1) is 0 Å². The highest BCUT2D eigenvalue weighted by molar-refractivity contribution is 5.88. The molecule has 4 heterocycles. The maximum absolute atomic E-state index is 4.81. The molecule has 0 aliphatic carbocycles. The van der Waals surface area contributed by atoms with Crippen molar-refractivity contribution in [2.24, 2.45) is 7.05 Å². The molecule has 0 saturated carbocycles. The monoisotopic (exact) mass is 345 g/mol. The van der Waals surface area contributed by atoms with E-state index in [0.29, 0.717) is 5.82 Å². The van der Waals surface area contributed by atoms with E-state index in [2.05, 4.69) is 25.0 Å². The molecule has 0 aromatic carbocycles. The van der Waals surface area contributed by atoms with E-state index in [0.717, 1.165) is 41.1 Å². The molecule has 0 atom stereocenters. The molecule has 130 valence electrons. The van der Waals surface area contributed by atoms with Crippen molar-refractivity contribution in [3.05, 3.63) is 60.8 Å². The van der Waals surface area contributed by atoms with Crippen molar-refractivity contribution < 1.29 is 0 Å². The molecule has 0 saturated heterocycles. The van der Waals surface area contributed by atoms with Crippen molar-refractivity contribution in [3.8, 4) is 11.4 Å². The summed E-state index contributed by atoms with van der Waals surface area (Å²) in [6.45, 7) is 0.799. The Morgan fingerprint density at radius 1 is 1.04 bits per heavy atom. The smallest absolute Gasteiger partial charge is 0.164 e. The number of rotatable bonds is 5. The molecule has 4 aromatic heterocycles. The quantitative estimate of drug-likeness (QED) is 0.553. The van der Waals surface area contributed by atoms with Gasteiger partial charge in [-0.3, -0.25) is 14.6 Å².